The van der Waals surface area contributed by atoms with Gasteiger partial charge in [-0.2, -0.15) is 0 Å². The van der Waals surface area contributed by atoms with Gasteiger partial charge < -0.3 is 28.4 Å². The van der Waals surface area contributed by atoms with Gasteiger partial charge in [0, 0.05) is 19.8 Å². The fourth-order valence-corrected chi connectivity index (χ4v) is 6.25. The van der Waals surface area contributed by atoms with Gasteiger partial charge in [-0.15, -0.1) is 0 Å². The van der Waals surface area contributed by atoms with E-state index in [1.807, 2.05) is 0 Å². The molecule has 8 atom stereocenters. The number of carbonyl (C=O) groups is 1. The third-order valence-corrected chi connectivity index (χ3v) is 9.47. The van der Waals surface area contributed by atoms with E-state index in [9.17, 15) is 4.79 Å². The van der Waals surface area contributed by atoms with Crippen LogP contribution in [0.4, 0.5) is 0 Å². The van der Waals surface area contributed by atoms with E-state index in [1.165, 1.54) is 6.92 Å². The highest BCUT2D eigenvalue weighted by Crippen LogP contribution is 2.55. The second-order valence-electron chi connectivity index (χ2n) is 12.9. The van der Waals surface area contributed by atoms with Crippen molar-refractivity contribution in [2.24, 2.45) is 5.92 Å². The molecule has 7 nitrogen and oxygen atoms in total. The van der Waals surface area contributed by atoms with Crippen LogP contribution in [-0.2, 0) is 33.2 Å². The summed E-state index contributed by atoms with van der Waals surface area (Å²) in [7, 11) is 0. The van der Waals surface area contributed by atoms with Gasteiger partial charge >= 0.3 is 5.97 Å². The summed E-state index contributed by atoms with van der Waals surface area (Å²) in [5, 5.41) is 0. The highest BCUT2D eigenvalue weighted by Gasteiger charge is 2.63. The van der Waals surface area contributed by atoms with Gasteiger partial charge in [0.05, 0.1) is 59.5 Å². The fraction of sp³-hybridized carbons (Fsp3) is 0.963. The molecule has 0 amide bonds. The molecule has 5 rings (SSSR count). The van der Waals surface area contributed by atoms with Gasteiger partial charge in [-0.05, 0) is 79.6 Å². The summed E-state index contributed by atoms with van der Waals surface area (Å²) in [4.78, 5) is 11.0. The number of ether oxygens (including phenoxy) is 6. The molecule has 5 aliphatic rings. The van der Waals surface area contributed by atoms with E-state index in [2.05, 4.69) is 41.5 Å². The number of hydrogen-bond acceptors (Lipinski definition) is 7. The monoisotopic (exact) mass is 480 g/mol. The smallest absolute Gasteiger partial charge is 0.302 e. The number of hydrogen-bond donors (Lipinski definition) is 0. The Kier molecular flexibility index (Phi) is 5.97. The van der Waals surface area contributed by atoms with E-state index < -0.39 is 0 Å². The number of epoxide rings is 4. The summed E-state index contributed by atoms with van der Waals surface area (Å²) in [6, 6.07) is 0. The Morgan fingerprint density at radius 3 is 2.32 bits per heavy atom. The second kappa shape index (κ2) is 8.14. The highest BCUT2D eigenvalue weighted by atomic mass is 16.6. The Morgan fingerprint density at radius 1 is 0.971 bits per heavy atom. The predicted molar refractivity (Wildman–Crippen MR) is 126 cm³/mol. The van der Waals surface area contributed by atoms with Crippen molar-refractivity contribution in [1.29, 1.82) is 0 Å². The van der Waals surface area contributed by atoms with Gasteiger partial charge in [-0.25, -0.2) is 0 Å². The molecule has 1 saturated carbocycles. The van der Waals surface area contributed by atoms with Crippen molar-refractivity contribution in [3.8, 4) is 0 Å². The van der Waals surface area contributed by atoms with Crippen molar-refractivity contribution in [3.63, 3.8) is 0 Å². The molecule has 4 heterocycles. The molecule has 0 bridgehead atoms. The van der Waals surface area contributed by atoms with Gasteiger partial charge in [-0.3, -0.25) is 4.79 Å². The van der Waals surface area contributed by atoms with Crippen molar-refractivity contribution in [2.75, 3.05) is 13.2 Å². The first-order valence-electron chi connectivity index (χ1n) is 13.3. The van der Waals surface area contributed by atoms with E-state index in [4.69, 9.17) is 28.4 Å². The maximum absolute atomic E-state index is 11.0. The zero-order valence-electron chi connectivity index (χ0n) is 22.1. The summed E-state index contributed by atoms with van der Waals surface area (Å²) < 4.78 is 35.6. The Labute approximate surface area is 204 Å². The van der Waals surface area contributed by atoms with Crippen molar-refractivity contribution < 1.29 is 33.2 Å². The molecule has 1 aliphatic carbocycles. The van der Waals surface area contributed by atoms with Crippen LogP contribution in [0.25, 0.3) is 0 Å². The average molecular weight is 481 g/mol. The summed E-state index contributed by atoms with van der Waals surface area (Å²) in [6.07, 6.45) is 7.97. The first kappa shape index (κ1) is 24.9. The molecule has 34 heavy (non-hydrogen) atoms. The van der Waals surface area contributed by atoms with Crippen LogP contribution >= 0.6 is 0 Å². The molecular weight excluding hydrogens is 436 g/mol. The van der Waals surface area contributed by atoms with Crippen LogP contribution in [-0.4, -0.2) is 71.6 Å². The fourth-order valence-electron chi connectivity index (χ4n) is 6.25. The Hall–Kier alpha value is -0.730. The van der Waals surface area contributed by atoms with E-state index in [0.717, 1.165) is 44.9 Å². The number of fused-ring (bicyclic) bond motifs is 1. The van der Waals surface area contributed by atoms with Crippen molar-refractivity contribution in [3.05, 3.63) is 0 Å². The molecule has 0 aromatic rings. The zero-order chi connectivity index (χ0) is 24.6. The summed E-state index contributed by atoms with van der Waals surface area (Å²) in [5.74, 6) is 0.233. The molecule has 5 fully saturated rings. The largest absolute Gasteiger partial charge is 0.466 e. The minimum absolute atomic E-state index is 0.0318. The Morgan fingerprint density at radius 2 is 1.68 bits per heavy atom. The van der Waals surface area contributed by atoms with Crippen LogP contribution in [0.5, 0.6) is 0 Å². The highest BCUT2D eigenvalue weighted by molar-refractivity contribution is 5.65. The van der Waals surface area contributed by atoms with E-state index in [0.29, 0.717) is 25.2 Å². The number of esters is 1. The van der Waals surface area contributed by atoms with E-state index in [1.54, 1.807) is 0 Å². The molecule has 4 aliphatic heterocycles. The number of rotatable bonds is 12. The molecule has 0 aromatic carbocycles. The van der Waals surface area contributed by atoms with Crippen LogP contribution in [0.15, 0.2) is 0 Å². The van der Waals surface area contributed by atoms with Crippen LogP contribution in [0.2, 0.25) is 0 Å². The summed E-state index contributed by atoms with van der Waals surface area (Å²) in [5.41, 5.74) is -0.417. The lowest BCUT2D eigenvalue weighted by Gasteiger charge is -2.37. The lowest BCUT2D eigenvalue weighted by molar-refractivity contribution is -0.141. The lowest BCUT2D eigenvalue weighted by atomic mass is 9.74. The van der Waals surface area contributed by atoms with Crippen LogP contribution in [0.3, 0.4) is 0 Å². The molecule has 0 spiro atoms. The lowest BCUT2D eigenvalue weighted by Crippen LogP contribution is -2.40. The molecule has 7 heteroatoms. The molecule has 4 saturated heterocycles. The number of carbonyl (C=O) groups excluding carboxylic acids is 1. The summed E-state index contributed by atoms with van der Waals surface area (Å²) in [6.45, 7) is 15.7. The summed E-state index contributed by atoms with van der Waals surface area (Å²) >= 11 is 0. The van der Waals surface area contributed by atoms with Crippen LogP contribution < -0.4 is 0 Å². The third kappa shape index (κ3) is 5.06. The molecule has 194 valence electrons. The van der Waals surface area contributed by atoms with E-state index in [-0.39, 0.29) is 52.3 Å². The topological polar surface area (TPSA) is 85.7 Å². The van der Waals surface area contributed by atoms with Crippen LogP contribution in [0, 0.1) is 5.92 Å². The molecular formula is C27H44O7. The molecule has 0 N–H and O–H groups in total. The van der Waals surface area contributed by atoms with Crippen molar-refractivity contribution in [2.45, 2.75) is 146 Å². The quantitative estimate of drug-likeness (QED) is 0.303. The molecule has 8 unspecified atom stereocenters. The Bertz CT molecular complexity index is 811. The minimum Gasteiger partial charge on any atom is -0.466 e. The van der Waals surface area contributed by atoms with Gasteiger partial charge in [0.2, 0.25) is 0 Å². The van der Waals surface area contributed by atoms with Crippen molar-refractivity contribution in [1.82, 2.24) is 0 Å². The van der Waals surface area contributed by atoms with Crippen molar-refractivity contribution >= 4 is 5.97 Å². The minimum atomic E-state index is -0.221. The van der Waals surface area contributed by atoms with E-state index >= 15 is 0 Å². The van der Waals surface area contributed by atoms with Gasteiger partial charge in [0.1, 0.15) is 6.10 Å². The van der Waals surface area contributed by atoms with Gasteiger partial charge in [0.15, 0.2) is 0 Å². The predicted octanol–water partition coefficient (Wildman–Crippen LogP) is 4.34. The van der Waals surface area contributed by atoms with Gasteiger partial charge in [0.25, 0.3) is 0 Å². The Balaban J connectivity index is 1.01. The van der Waals surface area contributed by atoms with Gasteiger partial charge in [-0.1, -0.05) is 0 Å². The first-order valence-corrected chi connectivity index (χ1v) is 13.3. The maximum Gasteiger partial charge on any atom is 0.302 e. The molecule has 0 aromatic heterocycles. The normalized spacial score (nSPS) is 45.9. The third-order valence-electron chi connectivity index (χ3n) is 9.47. The van der Waals surface area contributed by atoms with Crippen LogP contribution in [0.1, 0.15) is 93.4 Å². The SMILES string of the molecule is CC(=O)OCCC12CCC(C(C)(C)OCC3OC3(C)CC3OC3(C)CCC3OC3(C)C)CC1O2. The maximum atomic E-state index is 11.0. The average Bonchev–Trinajstić information content (AvgIpc) is 3.65. The standard InChI is InChI=1S/C27H44O7/c1-17(28)29-13-12-27-11-8-18(14-20(27)34-27)23(2,3)30-16-22-26(7,33-22)15-21-25(6,32-21)10-9-19-24(4,5)31-19/h18-22H,8-16H2,1-7H3. The zero-order valence-corrected chi connectivity index (χ0v) is 22.1. The first-order chi connectivity index (χ1) is 15.8. The second-order valence-corrected chi connectivity index (χ2v) is 12.9. The molecule has 0 radical (unpaired) electrons.